The van der Waals surface area contributed by atoms with E-state index >= 15 is 0 Å². The Kier molecular flexibility index (Phi) is 9.15. The summed E-state index contributed by atoms with van der Waals surface area (Å²) in [6.45, 7) is 6.37. The lowest BCUT2D eigenvalue weighted by Gasteiger charge is -2.26. The summed E-state index contributed by atoms with van der Waals surface area (Å²) in [7, 11) is 3.97. The summed E-state index contributed by atoms with van der Waals surface area (Å²) in [6, 6.07) is 20.8. The van der Waals surface area contributed by atoms with Crippen molar-refractivity contribution < 1.29 is 24.1 Å². The normalized spacial score (nSPS) is 21.4. The molecular weight excluding hydrogens is 594 g/mol. The van der Waals surface area contributed by atoms with Crippen molar-refractivity contribution in [2.45, 2.75) is 50.3 Å². The van der Waals surface area contributed by atoms with E-state index in [9.17, 15) is 9.90 Å². The molecule has 0 radical (unpaired) electrons. The molecule has 0 aliphatic carbocycles. The molecule has 11 heteroatoms. The van der Waals surface area contributed by atoms with Crippen LogP contribution in [0.1, 0.15) is 19.4 Å². The van der Waals surface area contributed by atoms with Crippen LogP contribution in [0.5, 0.6) is 6.01 Å². The molecule has 0 bridgehead atoms. The Labute approximate surface area is 268 Å². The van der Waals surface area contributed by atoms with E-state index in [4.69, 9.17) is 25.8 Å². The fraction of sp³-hybridized carbons (Fsp3) is 0.412. The number of likely N-dealkylation sites (N-methyl/N-ethyl adjacent to an activating group) is 1. The van der Waals surface area contributed by atoms with Gasteiger partial charge in [0.2, 0.25) is 5.91 Å². The molecule has 4 aromatic rings. The molecule has 1 amide bonds. The van der Waals surface area contributed by atoms with E-state index in [0.717, 1.165) is 45.4 Å². The monoisotopic (exact) mass is 633 g/mol. The average molecular weight is 634 g/mol. The fourth-order valence-corrected chi connectivity index (χ4v) is 5.92. The summed E-state index contributed by atoms with van der Waals surface area (Å²) < 4.78 is 17.4. The van der Waals surface area contributed by atoms with Crippen molar-refractivity contribution in [1.29, 1.82) is 0 Å². The maximum atomic E-state index is 12.6. The molecule has 2 aliphatic rings. The Hall–Kier alpha value is -3.51. The van der Waals surface area contributed by atoms with Crippen molar-refractivity contribution in [2.24, 2.45) is 0 Å². The largest absolute Gasteiger partial charge is 0.456 e. The van der Waals surface area contributed by atoms with Crippen LogP contribution in [0, 0.1) is 0 Å². The van der Waals surface area contributed by atoms with Gasteiger partial charge in [0.15, 0.2) is 6.10 Å². The summed E-state index contributed by atoms with van der Waals surface area (Å²) >= 11 is 6.71. The molecule has 2 fully saturated rings. The molecule has 1 aromatic heterocycles. The summed E-state index contributed by atoms with van der Waals surface area (Å²) in [5, 5.41) is 17.0. The third kappa shape index (κ3) is 7.01. The van der Waals surface area contributed by atoms with E-state index in [0.29, 0.717) is 30.7 Å². The van der Waals surface area contributed by atoms with Crippen molar-refractivity contribution in [3.05, 3.63) is 71.2 Å². The SMILES string of the molecule is CN(C)CCNC(=O)C(C)(C)NCc1ccc(-c2ccc(-c3cc4nc(O[C@@H]5CO[C@H]6[C@@H]5OC[C@H]6O)[nH]c4cc3Cl)cc2)cc1. The number of hydrogen-bond acceptors (Lipinski definition) is 8. The van der Waals surface area contributed by atoms with Crippen LogP contribution in [0.2, 0.25) is 5.02 Å². The number of fused-ring (bicyclic) bond motifs is 2. The Morgan fingerprint density at radius 1 is 1.04 bits per heavy atom. The minimum Gasteiger partial charge on any atom is -0.456 e. The molecule has 238 valence electrons. The third-order valence-corrected chi connectivity index (χ3v) is 8.74. The van der Waals surface area contributed by atoms with Gasteiger partial charge in [0, 0.05) is 25.2 Å². The predicted octanol–water partition coefficient (Wildman–Crippen LogP) is 4.00. The quantitative estimate of drug-likeness (QED) is 0.196. The van der Waals surface area contributed by atoms with E-state index in [1.54, 1.807) is 0 Å². The second-order valence-electron chi connectivity index (χ2n) is 12.5. The van der Waals surface area contributed by atoms with Crippen LogP contribution in [-0.2, 0) is 20.8 Å². The van der Waals surface area contributed by atoms with Crippen LogP contribution in [-0.4, -0.2) is 96.2 Å². The molecule has 45 heavy (non-hydrogen) atoms. The number of aromatic nitrogens is 2. The van der Waals surface area contributed by atoms with Crippen molar-refractivity contribution in [1.82, 2.24) is 25.5 Å². The van der Waals surface area contributed by atoms with Gasteiger partial charge in [-0.25, -0.2) is 0 Å². The van der Waals surface area contributed by atoms with Gasteiger partial charge in [0.05, 0.1) is 34.8 Å². The first-order valence-electron chi connectivity index (χ1n) is 15.2. The summed E-state index contributed by atoms with van der Waals surface area (Å²) in [5.41, 5.74) is 5.94. The van der Waals surface area contributed by atoms with Gasteiger partial charge >= 0.3 is 0 Å². The summed E-state index contributed by atoms with van der Waals surface area (Å²) in [4.78, 5) is 22.5. The maximum Gasteiger partial charge on any atom is 0.295 e. The standard InChI is InChI=1S/C34H40ClN5O5/c1-34(2,32(42)36-13-14-40(3)4)37-17-20-5-7-21(8-6-20)22-9-11-23(12-10-22)24-15-26-27(16-25(24)35)39-33(38-26)45-29-19-44-30-28(41)18-43-31(29)30/h5-12,15-16,28-31,37,41H,13-14,17-19H2,1-4H3,(H,36,42)(H,38,39)/t28-,29-,30-,31-/m1/s1. The molecule has 4 N–H and O–H groups in total. The molecule has 0 spiro atoms. The minimum atomic E-state index is -0.681. The number of hydrogen-bond donors (Lipinski definition) is 4. The van der Waals surface area contributed by atoms with Gasteiger partial charge in [0.1, 0.15) is 18.3 Å². The lowest BCUT2D eigenvalue weighted by molar-refractivity contribution is -0.126. The van der Waals surface area contributed by atoms with Gasteiger partial charge in [-0.2, -0.15) is 4.98 Å². The number of benzene rings is 3. The zero-order valence-electron chi connectivity index (χ0n) is 26.0. The molecule has 3 aromatic carbocycles. The third-order valence-electron chi connectivity index (χ3n) is 8.42. The van der Waals surface area contributed by atoms with Gasteiger partial charge < -0.3 is 34.5 Å². The minimum absolute atomic E-state index is 0.0146. The zero-order chi connectivity index (χ0) is 31.7. The Bertz CT molecular complexity index is 1640. The van der Waals surface area contributed by atoms with Crippen molar-refractivity contribution >= 4 is 28.5 Å². The van der Waals surface area contributed by atoms with Crippen LogP contribution >= 0.6 is 11.6 Å². The molecule has 0 unspecified atom stereocenters. The number of carbonyl (C=O) groups excluding carboxylic acids is 1. The average Bonchev–Trinajstić information content (AvgIpc) is 3.72. The highest BCUT2D eigenvalue weighted by Gasteiger charge is 2.48. The van der Waals surface area contributed by atoms with Crippen molar-refractivity contribution in [2.75, 3.05) is 40.4 Å². The first-order valence-corrected chi connectivity index (χ1v) is 15.6. The molecule has 6 rings (SSSR count). The van der Waals surface area contributed by atoms with Crippen LogP contribution in [0.25, 0.3) is 33.3 Å². The Morgan fingerprint density at radius 3 is 2.42 bits per heavy atom. The molecule has 10 nitrogen and oxygen atoms in total. The number of nitrogens with zero attached hydrogens (tertiary/aromatic N) is 2. The predicted molar refractivity (Wildman–Crippen MR) is 174 cm³/mol. The first-order chi connectivity index (χ1) is 21.6. The second kappa shape index (κ2) is 13.1. The molecule has 4 atom stereocenters. The number of amides is 1. The number of aliphatic hydroxyl groups excluding tert-OH is 1. The number of ether oxygens (including phenoxy) is 3. The number of nitrogens with one attached hydrogen (secondary N) is 3. The summed E-state index contributed by atoms with van der Waals surface area (Å²) in [5.74, 6) is -0.0146. The maximum absolute atomic E-state index is 12.6. The van der Waals surface area contributed by atoms with E-state index in [-0.39, 0.29) is 30.8 Å². The summed E-state index contributed by atoms with van der Waals surface area (Å²) in [6.07, 6.45) is -1.67. The molecule has 2 aliphatic heterocycles. The number of H-pyrrole nitrogens is 1. The lowest BCUT2D eigenvalue weighted by Crippen LogP contribution is -2.53. The van der Waals surface area contributed by atoms with E-state index in [1.165, 1.54) is 0 Å². The molecule has 0 saturated carbocycles. The Balaban J connectivity index is 1.08. The number of imidazole rings is 1. The highest BCUT2D eigenvalue weighted by molar-refractivity contribution is 6.34. The number of halogens is 1. The zero-order valence-corrected chi connectivity index (χ0v) is 26.7. The van der Waals surface area contributed by atoms with Gasteiger partial charge in [0.25, 0.3) is 6.01 Å². The van der Waals surface area contributed by atoms with Gasteiger partial charge in [-0.15, -0.1) is 0 Å². The number of carbonyl (C=O) groups is 1. The highest BCUT2D eigenvalue weighted by Crippen LogP contribution is 2.35. The topological polar surface area (TPSA) is 121 Å². The Morgan fingerprint density at radius 2 is 1.71 bits per heavy atom. The smallest absolute Gasteiger partial charge is 0.295 e. The fourth-order valence-electron chi connectivity index (χ4n) is 5.65. The van der Waals surface area contributed by atoms with Crippen molar-refractivity contribution in [3.8, 4) is 28.3 Å². The van der Waals surface area contributed by atoms with Crippen LogP contribution in [0.4, 0.5) is 0 Å². The molecular formula is C34H40ClN5O5. The number of rotatable bonds is 11. The van der Waals surface area contributed by atoms with Crippen molar-refractivity contribution in [3.63, 3.8) is 0 Å². The number of aromatic amines is 1. The van der Waals surface area contributed by atoms with E-state index in [2.05, 4.69) is 69.1 Å². The van der Waals surface area contributed by atoms with Gasteiger partial charge in [-0.3, -0.25) is 10.1 Å². The van der Waals surface area contributed by atoms with Crippen LogP contribution in [0.3, 0.4) is 0 Å². The molecule has 2 saturated heterocycles. The van der Waals surface area contributed by atoms with Crippen LogP contribution < -0.4 is 15.4 Å². The van der Waals surface area contributed by atoms with E-state index < -0.39 is 11.6 Å². The van der Waals surface area contributed by atoms with Gasteiger partial charge in [-0.1, -0.05) is 60.1 Å². The number of aliphatic hydroxyl groups is 1. The highest BCUT2D eigenvalue weighted by atomic mass is 35.5. The second-order valence-corrected chi connectivity index (χ2v) is 12.9. The first kappa shape index (κ1) is 31.5. The van der Waals surface area contributed by atoms with Gasteiger partial charge in [-0.05, 0) is 62.3 Å². The van der Waals surface area contributed by atoms with Crippen LogP contribution in [0.15, 0.2) is 60.7 Å². The molecule has 3 heterocycles. The lowest BCUT2D eigenvalue weighted by atomic mass is 9.99. The van der Waals surface area contributed by atoms with E-state index in [1.807, 2.05) is 45.0 Å².